The molecular formula is C12H9ClFN3O. The lowest BCUT2D eigenvalue weighted by Gasteiger charge is -2.05. The van der Waals surface area contributed by atoms with E-state index in [2.05, 4.69) is 15.3 Å². The lowest BCUT2D eigenvalue weighted by Crippen LogP contribution is -2.14. The van der Waals surface area contributed by atoms with Crippen LogP contribution in [0.4, 0.5) is 10.1 Å². The predicted molar refractivity (Wildman–Crippen MR) is 66.1 cm³/mol. The number of hydrogen-bond donors (Lipinski definition) is 1. The molecule has 92 valence electrons. The molecule has 0 spiro atoms. The van der Waals surface area contributed by atoms with Crippen LogP contribution in [0.2, 0.25) is 5.15 Å². The number of hydrogen-bond acceptors (Lipinski definition) is 3. The largest absolute Gasteiger partial charge is 0.321 e. The third kappa shape index (κ3) is 2.81. The van der Waals surface area contributed by atoms with Gasteiger partial charge in [0.05, 0.1) is 12.4 Å². The van der Waals surface area contributed by atoms with Crippen molar-refractivity contribution >= 4 is 23.2 Å². The minimum atomic E-state index is -0.492. The number of nitrogens with zero attached hydrogens (tertiary/aromatic N) is 2. The summed E-state index contributed by atoms with van der Waals surface area (Å²) in [4.78, 5) is 19.3. The van der Waals surface area contributed by atoms with Gasteiger partial charge in [-0.1, -0.05) is 17.7 Å². The van der Waals surface area contributed by atoms with Gasteiger partial charge in [0, 0.05) is 5.69 Å². The number of rotatable bonds is 2. The number of anilines is 1. The number of carbonyl (C=O) groups is 1. The van der Waals surface area contributed by atoms with Gasteiger partial charge in [-0.2, -0.15) is 0 Å². The van der Waals surface area contributed by atoms with Crippen LogP contribution < -0.4 is 5.32 Å². The number of benzene rings is 1. The first-order chi connectivity index (χ1) is 8.56. The van der Waals surface area contributed by atoms with Crippen molar-refractivity contribution in [3.63, 3.8) is 0 Å². The predicted octanol–water partition coefficient (Wildman–Crippen LogP) is 2.83. The zero-order valence-electron chi connectivity index (χ0n) is 9.45. The van der Waals surface area contributed by atoms with Gasteiger partial charge >= 0.3 is 0 Å². The van der Waals surface area contributed by atoms with Gasteiger partial charge in [-0.15, -0.1) is 0 Å². The Hall–Kier alpha value is -2.01. The fourth-order valence-electron chi connectivity index (χ4n) is 1.32. The smallest absolute Gasteiger partial charge is 0.275 e. The summed E-state index contributed by atoms with van der Waals surface area (Å²) in [5, 5.41) is 2.64. The number of amides is 1. The molecule has 1 aromatic carbocycles. The average molecular weight is 266 g/mol. The number of carbonyl (C=O) groups excluding carboxylic acids is 1. The molecule has 0 radical (unpaired) electrons. The first kappa shape index (κ1) is 12.4. The van der Waals surface area contributed by atoms with Crippen molar-refractivity contribution in [2.24, 2.45) is 0 Å². The van der Waals surface area contributed by atoms with Gasteiger partial charge in [0.1, 0.15) is 16.7 Å². The number of aryl methyl sites for hydroxylation is 1. The van der Waals surface area contributed by atoms with Crippen LogP contribution in [0.15, 0.2) is 30.6 Å². The van der Waals surface area contributed by atoms with Gasteiger partial charge in [0.25, 0.3) is 5.91 Å². The lowest BCUT2D eigenvalue weighted by molar-refractivity contribution is 0.102. The van der Waals surface area contributed by atoms with Gasteiger partial charge in [0.15, 0.2) is 0 Å². The van der Waals surface area contributed by atoms with Crippen LogP contribution >= 0.6 is 11.6 Å². The van der Waals surface area contributed by atoms with Crippen molar-refractivity contribution in [3.8, 4) is 0 Å². The van der Waals surface area contributed by atoms with Crippen LogP contribution in [-0.2, 0) is 0 Å². The summed E-state index contributed by atoms with van der Waals surface area (Å²) in [6.45, 7) is 1.64. The standard InChI is InChI=1S/C12H9ClFN3O/c1-7-2-3-8(4-9(7)14)16-12(18)10-5-15-6-11(13)17-10/h2-6H,1H3,(H,16,18). The Labute approximate surface area is 108 Å². The molecule has 0 aliphatic carbocycles. The van der Waals surface area contributed by atoms with Crippen molar-refractivity contribution in [2.45, 2.75) is 6.92 Å². The van der Waals surface area contributed by atoms with Crippen LogP contribution in [0.3, 0.4) is 0 Å². The van der Waals surface area contributed by atoms with Gasteiger partial charge in [-0.25, -0.2) is 9.37 Å². The van der Waals surface area contributed by atoms with Crippen LogP contribution in [-0.4, -0.2) is 15.9 Å². The minimum Gasteiger partial charge on any atom is -0.321 e. The van der Waals surface area contributed by atoms with Gasteiger partial charge in [-0.3, -0.25) is 9.78 Å². The highest BCUT2D eigenvalue weighted by Crippen LogP contribution is 2.14. The maximum absolute atomic E-state index is 13.3. The first-order valence-corrected chi connectivity index (χ1v) is 5.49. The van der Waals surface area contributed by atoms with E-state index in [-0.39, 0.29) is 16.7 Å². The minimum absolute atomic E-state index is 0.0727. The lowest BCUT2D eigenvalue weighted by atomic mass is 10.2. The van der Waals surface area contributed by atoms with Crippen molar-refractivity contribution in [1.29, 1.82) is 0 Å². The van der Waals surface area contributed by atoms with Crippen LogP contribution in [0, 0.1) is 12.7 Å². The van der Waals surface area contributed by atoms with Gasteiger partial charge in [-0.05, 0) is 24.6 Å². The van der Waals surface area contributed by atoms with Crippen molar-refractivity contribution in [3.05, 3.63) is 52.8 Å². The van der Waals surface area contributed by atoms with E-state index in [1.165, 1.54) is 18.5 Å². The third-order valence-electron chi connectivity index (χ3n) is 2.27. The first-order valence-electron chi connectivity index (χ1n) is 5.11. The molecule has 1 amide bonds. The maximum Gasteiger partial charge on any atom is 0.275 e. The molecule has 2 rings (SSSR count). The Morgan fingerprint density at radius 1 is 1.39 bits per heavy atom. The van der Waals surface area contributed by atoms with Gasteiger partial charge in [0.2, 0.25) is 0 Å². The molecule has 18 heavy (non-hydrogen) atoms. The molecule has 4 nitrogen and oxygen atoms in total. The van der Waals surface area contributed by atoms with Gasteiger partial charge < -0.3 is 5.32 Å². The monoisotopic (exact) mass is 265 g/mol. The van der Waals surface area contributed by atoms with Crippen molar-refractivity contribution < 1.29 is 9.18 Å². The topological polar surface area (TPSA) is 54.9 Å². The molecule has 6 heteroatoms. The summed E-state index contributed by atoms with van der Waals surface area (Å²) in [6.07, 6.45) is 2.61. The van der Waals surface area contributed by atoms with E-state index >= 15 is 0 Å². The zero-order valence-corrected chi connectivity index (χ0v) is 10.2. The molecule has 0 fully saturated rings. The fraction of sp³-hybridized carbons (Fsp3) is 0.0833. The maximum atomic E-state index is 13.3. The highest BCUT2D eigenvalue weighted by molar-refractivity contribution is 6.29. The second-order valence-corrected chi connectivity index (χ2v) is 4.03. The molecule has 0 bridgehead atoms. The van der Waals surface area contributed by atoms with Crippen molar-refractivity contribution in [1.82, 2.24) is 9.97 Å². The summed E-state index contributed by atoms with van der Waals surface area (Å²) < 4.78 is 13.3. The van der Waals surface area contributed by atoms with E-state index in [1.54, 1.807) is 19.1 Å². The Balaban J connectivity index is 2.18. The summed E-state index contributed by atoms with van der Waals surface area (Å²) in [7, 11) is 0. The molecule has 0 aliphatic heterocycles. The van der Waals surface area contributed by atoms with Crippen LogP contribution in [0.1, 0.15) is 16.1 Å². The summed E-state index contributed by atoms with van der Waals surface area (Å²) in [5.41, 5.74) is 0.934. The molecular weight excluding hydrogens is 257 g/mol. The van der Waals surface area contributed by atoms with E-state index in [0.717, 1.165) is 0 Å². The highest BCUT2D eigenvalue weighted by atomic mass is 35.5. The normalized spacial score (nSPS) is 10.2. The SMILES string of the molecule is Cc1ccc(NC(=O)c2cncc(Cl)n2)cc1F. The van der Waals surface area contributed by atoms with E-state index in [4.69, 9.17) is 11.6 Å². The molecule has 0 atom stereocenters. The molecule has 2 aromatic rings. The summed E-state index contributed by atoms with van der Waals surface area (Å²) >= 11 is 5.62. The molecule has 0 unspecified atom stereocenters. The van der Waals surface area contributed by atoms with Crippen LogP contribution in [0.5, 0.6) is 0 Å². The summed E-state index contributed by atoms with van der Waals surface area (Å²) in [6, 6.07) is 4.42. The molecule has 1 heterocycles. The average Bonchev–Trinajstić information content (AvgIpc) is 2.34. The Morgan fingerprint density at radius 2 is 2.17 bits per heavy atom. The molecule has 0 saturated heterocycles. The number of halogens is 2. The van der Waals surface area contributed by atoms with E-state index in [0.29, 0.717) is 11.3 Å². The van der Waals surface area contributed by atoms with E-state index in [9.17, 15) is 9.18 Å². The molecule has 1 N–H and O–H groups in total. The number of nitrogens with one attached hydrogen (secondary N) is 1. The molecule has 0 saturated carbocycles. The molecule has 1 aromatic heterocycles. The fourth-order valence-corrected chi connectivity index (χ4v) is 1.46. The zero-order chi connectivity index (χ0) is 13.1. The Bertz CT molecular complexity index is 604. The van der Waals surface area contributed by atoms with E-state index < -0.39 is 5.91 Å². The van der Waals surface area contributed by atoms with Crippen LogP contribution in [0.25, 0.3) is 0 Å². The number of aromatic nitrogens is 2. The summed E-state index contributed by atoms with van der Waals surface area (Å²) in [5.74, 6) is -0.877. The second-order valence-electron chi connectivity index (χ2n) is 3.65. The second kappa shape index (κ2) is 5.10. The Kier molecular flexibility index (Phi) is 3.53. The highest BCUT2D eigenvalue weighted by Gasteiger charge is 2.09. The quantitative estimate of drug-likeness (QED) is 0.908. The Morgan fingerprint density at radius 3 is 2.83 bits per heavy atom. The third-order valence-corrected chi connectivity index (χ3v) is 2.45. The molecule has 0 aliphatic rings. The van der Waals surface area contributed by atoms with Crippen molar-refractivity contribution in [2.75, 3.05) is 5.32 Å². The van der Waals surface area contributed by atoms with E-state index in [1.807, 2.05) is 0 Å².